The number of amides is 2. The molecule has 0 spiro atoms. The normalized spacial score (nSPS) is 23.0. The Hall–Kier alpha value is -3.95. The van der Waals surface area contributed by atoms with Crippen LogP contribution >= 0.6 is 0 Å². The zero-order valence-corrected chi connectivity index (χ0v) is 22.1. The smallest absolute Gasteiger partial charge is 0.308 e. The predicted octanol–water partition coefficient (Wildman–Crippen LogP) is 4.21. The number of ether oxygens (including phenoxy) is 1. The van der Waals surface area contributed by atoms with Crippen LogP contribution < -0.4 is 10.6 Å². The SMILES string of the molecule is COC(=O)C1CCC(NC(=O)C2C[C@H](F)CN2C(=O)Cc2ccc3nc(Nc4ccccc4C)oc3c2)CC1. The number of para-hydroxylation sites is 1. The van der Waals surface area contributed by atoms with E-state index in [-0.39, 0.29) is 49.1 Å². The van der Waals surface area contributed by atoms with Gasteiger partial charge in [-0.15, -0.1) is 0 Å². The number of carbonyl (C=O) groups excluding carboxylic acids is 3. The molecule has 39 heavy (non-hydrogen) atoms. The van der Waals surface area contributed by atoms with Gasteiger partial charge in [-0.2, -0.15) is 4.98 Å². The van der Waals surface area contributed by atoms with Crippen molar-refractivity contribution >= 4 is 40.6 Å². The number of hydrogen-bond donors (Lipinski definition) is 2. The number of rotatable bonds is 7. The van der Waals surface area contributed by atoms with Crippen molar-refractivity contribution in [1.82, 2.24) is 15.2 Å². The lowest BCUT2D eigenvalue weighted by Gasteiger charge is -2.30. The summed E-state index contributed by atoms with van der Waals surface area (Å²) in [7, 11) is 1.38. The quantitative estimate of drug-likeness (QED) is 0.435. The Morgan fingerprint density at radius 3 is 2.64 bits per heavy atom. The van der Waals surface area contributed by atoms with Crippen LogP contribution in [0.4, 0.5) is 16.1 Å². The first-order valence-electron chi connectivity index (χ1n) is 13.3. The summed E-state index contributed by atoms with van der Waals surface area (Å²) < 4.78 is 25.1. The van der Waals surface area contributed by atoms with E-state index in [0.29, 0.717) is 48.4 Å². The molecule has 2 amide bonds. The zero-order chi connectivity index (χ0) is 27.5. The van der Waals surface area contributed by atoms with E-state index in [4.69, 9.17) is 9.15 Å². The Morgan fingerprint density at radius 1 is 1.13 bits per heavy atom. The lowest BCUT2D eigenvalue weighted by molar-refractivity contribution is -0.146. The van der Waals surface area contributed by atoms with Crippen molar-refractivity contribution < 1.29 is 27.9 Å². The van der Waals surface area contributed by atoms with Crippen molar-refractivity contribution in [3.05, 3.63) is 53.6 Å². The maximum atomic E-state index is 14.4. The van der Waals surface area contributed by atoms with Crippen molar-refractivity contribution in [2.75, 3.05) is 19.0 Å². The van der Waals surface area contributed by atoms with E-state index >= 15 is 0 Å². The summed E-state index contributed by atoms with van der Waals surface area (Å²) in [6, 6.07) is 12.5. The molecule has 206 valence electrons. The molecule has 0 bridgehead atoms. The van der Waals surface area contributed by atoms with Crippen molar-refractivity contribution in [1.29, 1.82) is 0 Å². The van der Waals surface area contributed by atoms with Gasteiger partial charge < -0.3 is 24.7 Å². The molecule has 1 unspecified atom stereocenters. The molecule has 2 N–H and O–H groups in total. The Bertz CT molecular complexity index is 1370. The van der Waals surface area contributed by atoms with E-state index in [1.807, 2.05) is 31.2 Å². The van der Waals surface area contributed by atoms with E-state index in [1.165, 1.54) is 12.0 Å². The molecule has 1 aromatic heterocycles. The minimum absolute atomic E-state index is 0.0118. The van der Waals surface area contributed by atoms with Gasteiger partial charge in [0.15, 0.2) is 5.58 Å². The number of carbonyl (C=O) groups is 3. The molecule has 1 saturated heterocycles. The number of halogens is 1. The first-order valence-corrected chi connectivity index (χ1v) is 13.3. The van der Waals surface area contributed by atoms with Crippen LogP contribution in [0.3, 0.4) is 0 Å². The van der Waals surface area contributed by atoms with Crippen molar-refractivity contribution in [3.8, 4) is 0 Å². The second kappa shape index (κ2) is 11.4. The minimum Gasteiger partial charge on any atom is -0.469 e. The van der Waals surface area contributed by atoms with Gasteiger partial charge in [0.1, 0.15) is 17.7 Å². The summed E-state index contributed by atoms with van der Waals surface area (Å²) in [6.45, 7) is 1.87. The molecule has 1 aliphatic heterocycles. The third-order valence-corrected chi connectivity index (χ3v) is 7.68. The van der Waals surface area contributed by atoms with Crippen LogP contribution in [-0.4, -0.2) is 59.6 Å². The summed E-state index contributed by atoms with van der Waals surface area (Å²) in [4.78, 5) is 43.8. The molecule has 2 aliphatic rings. The summed E-state index contributed by atoms with van der Waals surface area (Å²) in [5.74, 6) is -1.04. The van der Waals surface area contributed by atoms with Gasteiger partial charge in [0.05, 0.1) is 26.0 Å². The van der Waals surface area contributed by atoms with Crippen LogP contribution in [0.5, 0.6) is 0 Å². The second-order valence-electron chi connectivity index (χ2n) is 10.4. The number of anilines is 2. The average molecular weight is 537 g/mol. The summed E-state index contributed by atoms with van der Waals surface area (Å²) in [5.41, 5.74) is 3.79. The number of alkyl halides is 1. The van der Waals surface area contributed by atoms with Crippen LogP contribution in [0.1, 0.15) is 43.2 Å². The Kier molecular flexibility index (Phi) is 7.81. The molecule has 3 aromatic rings. The third kappa shape index (κ3) is 6.05. The van der Waals surface area contributed by atoms with Crippen molar-refractivity contribution in [2.24, 2.45) is 5.92 Å². The number of methoxy groups -OCH3 is 1. The molecule has 2 aromatic carbocycles. The number of aryl methyl sites for hydroxylation is 1. The van der Waals surface area contributed by atoms with Crippen LogP contribution in [0.2, 0.25) is 0 Å². The van der Waals surface area contributed by atoms with Crippen LogP contribution in [0.15, 0.2) is 46.9 Å². The van der Waals surface area contributed by atoms with Crippen molar-refractivity contribution in [3.63, 3.8) is 0 Å². The fourth-order valence-electron chi connectivity index (χ4n) is 5.48. The third-order valence-electron chi connectivity index (χ3n) is 7.68. The minimum atomic E-state index is -1.26. The van der Waals surface area contributed by atoms with E-state index in [1.54, 1.807) is 18.2 Å². The summed E-state index contributed by atoms with van der Waals surface area (Å²) in [5, 5.41) is 6.15. The van der Waals surface area contributed by atoms with Gasteiger partial charge >= 0.3 is 5.97 Å². The monoisotopic (exact) mass is 536 g/mol. The average Bonchev–Trinajstić information content (AvgIpc) is 3.52. The topological polar surface area (TPSA) is 114 Å². The largest absolute Gasteiger partial charge is 0.469 e. The number of nitrogens with one attached hydrogen (secondary N) is 2. The van der Waals surface area contributed by atoms with Gasteiger partial charge in [-0.05, 0) is 61.9 Å². The highest BCUT2D eigenvalue weighted by Crippen LogP contribution is 2.28. The number of esters is 1. The van der Waals surface area contributed by atoms with Gasteiger partial charge in [-0.1, -0.05) is 24.3 Å². The summed E-state index contributed by atoms with van der Waals surface area (Å²) >= 11 is 0. The molecular formula is C29H33FN4O5. The molecule has 5 rings (SSSR count). The van der Waals surface area contributed by atoms with E-state index in [0.717, 1.165) is 11.3 Å². The number of benzene rings is 2. The second-order valence-corrected chi connectivity index (χ2v) is 10.4. The maximum Gasteiger partial charge on any atom is 0.308 e. The molecule has 1 aliphatic carbocycles. The fourth-order valence-corrected chi connectivity index (χ4v) is 5.48. The van der Waals surface area contributed by atoms with Gasteiger partial charge in [0.2, 0.25) is 11.8 Å². The van der Waals surface area contributed by atoms with Crippen LogP contribution in [0, 0.1) is 12.8 Å². The molecule has 2 atom stereocenters. The molecule has 10 heteroatoms. The van der Waals surface area contributed by atoms with Gasteiger partial charge in [-0.25, -0.2) is 4.39 Å². The Morgan fingerprint density at radius 2 is 1.90 bits per heavy atom. The lowest BCUT2D eigenvalue weighted by atomic mass is 9.86. The van der Waals surface area contributed by atoms with E-state index < -0.39 is 12.2 Å². The molecule has 0 radical (unpaired) electrons. The molecule has 2 heterocycles. The maximum absolute atomic E-state index is 14.4. The Labute approximate surface area is 226 Å². The number of hydrogen-bond acceptors (Lipinski definition) is 7. The van der Waals surface area contributed by atoms with Crippen LogP contribution in [0.25, 0.3) is 11.1 Å². The number of nitrogens with zero attached hydrogens (tertiary/aromatic N) is 2. The fraction of sp³-hybridized carbons (Fsp3) is 0.448. The molecule has 2 fully saturated rings. The molecule has 1 saturated carbocycles. The highest BCUT2D eigenvalue weighted by molar-refractivity contribution is 5.90. The van der Waals surface area contributed by atoms with E-state index in [2.05, 4.69) is 15.6 Å². The van der Waals surface area contributed by atoms with Gasteiger partial charge in [0.25, 0.3) is 6.01 Å². The first kappa shape index (κ1) is 26.6. The van der Waals surface area contributed by atoms with Crippen molar-refractivity contribution in [2.45, 2.75) is 63.7 Å². The standard InChI is InChI=1S/C29H33FN4O5/c1-17-5-3-4-6-22(17)32-29-33-23-12-7-18(13-25(23)39-29)14-26(35)34-16-20(30)15-24(34)27(36)31-21-10-8-19(9-11-21)28(37)38-2/h3-7,12-13,19-21,24H,8-11,14-16H2,1-2H3,(H,31,36)(H,32,33)/t19?,20-,21?,24?/m0/s1. The van der Waals surface area contributed by atoms with E-state index in [9.17, 15) is 18.8 Å². The highest BCUT2D eigenvalue weighted by Gasteiger charge is 2.40. The summed E-state index contributed by atoms with van der Waals surface area (Å²) in [6.07, 6.45) is 1.27. The van der Waals surface area contributed by atoms with Gasteiger partial charge in [-0.3, -0.25) is 14.4 Å². The van der Waals surface area contributed by atoms with Crippen LogP contribution in [-0.2, 0) is 25.5 Å². The molecule has 9 nitrogen and oxygen atoms in total. The number of aromatic nitrogens is 1. The lowest BCUT2D eigenvalue weighted by Crippen LogP contribution is -2.50. The number of oxazole rings is 1. The Balaban J connectivity index is 1.21. The predicted molar refractivity (Wildman–Crippen MR) is 143 cm³/mol. The highest BCUT2D eigenvalue weighted by atomic mass is 19.1. The number of fused-ring (bicyclic) bond motifs is 1. The zero-order valence-electron chi connectivity index (χ0n) is 22.1. The molecular weight excluding hydrogens is 503 g/mol. The number of likely N-dealkylation sites (tertiary alicyclic amines) is 1. The van der Waals surface area contributed by atoms with Gasteiger partial charge in [0, 0.05) is 18.2 Å². The first-order chi connectivity index (χ1) is 18.8.